The number of ether oxygens (including phenoxy) is 5. The lowest BCUT2D eigenvalue weighted by Gasteiger charge is -2.31. The fourth-order valence-corrected chi connectivity index (χ4v) is 13.7. The molecule has 0 bridgehead atoms. The molecule has 0 spiro atoms. The first-order chi connectivity index (χ1) is 44.1. The maximum Gasteiger partial charge on any atom is 0.416 e. The number of nitrogens with one attached hydrogen (secondary N) is 4. The molecule has 500 valence electrons. The molecule has 0 saturated carbocycles. The molecular formula is C66H87AlN10O15S. The van der Waals surface area contributed by atoms with E-state index in [0.29, 0.717) is 91.3 Å². The number of likely N-dealkylation sites (tertiary alicyclic amines) is 1. The number of carbonyl (C=O) groups is 9. The largest absolute Gasteiger partial charge is 0.493 e. The highest BCUT2D eigenvalue weighted by molar-refractivity contribution is 8.03. The van der Waals surface area contributed by atoms with Crippen molar-refractivity contribution >= 4 is 105 Å². The second-order valence-corrected chi connectivity index (χ2v) is 29.5. The van der Waals surface area contributed by atoms with Crippen LogP contribution in [0, 0.1) is 11.3 Å². The van der Waals surface area contributed by atoms with E-state index in [-0.39, 0.29) is 132 Å². The molecule has 27 heteroatoms. The number of urea groups is 1. The molecule has 0 aromatic heterocycles. The normalized spacial score (nSPS) is 19.6. The standard InChI is InChI=1S/C66H87N10O15S.Al/c1-38(2)57(72-55(77)18-12-10-13-24-73-56(78)32-54(63(73)84)92-39(3)4)59(80)71-46(17-16-23-68-64(67)85)58(79)70-42-21-19-41(20-22-42)36-91-65(86)76-48-31-53(51(88-9)29-45(48)61(82)74-35-40(5)27-49(74)62(76)83)90-26-15-11-14-25-89-52-30-47-44(28-50(52)87-8)60(81)75-37-66(6,7)33-43(75)34-69-47;/h19-22,28-31,34,38,43,46,49,54,57,62,83H,5,10-18,23-27,32-33,35-37H2,1-4,6-9H3,(H,70,79)(H,71,80)(H,72,77)(H3,67,68,85);/t43-,46-,49-,54?,57-,62-;/m0./s1. The molecule has 5 aliphatic rings. The van der Waals surface area contributed by atoms with Gasteiger partial charge in [-0.3, -0.25) is 43.5 Å². The minimum atomic E-state index is -1.56. The van der Waals surface area contributed by atoms with Crippen LogP contribution in [0.3, 0.4) is 0 Å². The van der Waals surface area contributed by atoms with Crippen molar-refractivity contribution in [3.8, 4) is 23.0 Å². The lowest BCUT2D eigenvalue weighted by atomic mass is 9.91. The Balaban J connectivity index is 0.850. The number of nitrogens with two attached hydrogens (primary N) is 1. The molecule has 1 unspecified atom stereocenters. The number of imide groups is 1. The van der Waals surface area contributed by atoms with E-state index in [1.165, 1.54) is 47.9 Å². The Hall–Kier alpha value is -7.86. The number of methoxy groups -OCH3 is 2. The summed E-state index contributed by atoms with van der Waals surface area (Å²) in [7, 11) is 2.96. The molecule has 2 radical (unpaired) electrons. The van der Waals surface area contributed by atoms with Gasteiger partial charge in [-0.2, -0.15) is 11.8 Å². The first-order valence-electron chi connectivity index (χ1n) is 31.7. The highest BCUT2D eigenvalue weighted by Crippen LogP contribution is 2.44. The number of thioether (sulfide) groups is 1. The second-order valence-electron chi connectivity index (χ2n) is 25.8. The fourth-order valence-electron chi connectivity index (χ4n) is 12.1. The van der Waals surface area contributed by atoms with Gasteiger partial charge < -0.3 is 65.6 Å². The van der Waals surface area contributed by atoms with Gasteiger partial charge in [0.2, 0.25) is 29.5 Å². The van der Waals surface area contributed by atoms with E-state index in [4.69, 9.17) is 29.4 Å². The molecular weight excluding hydrogens is 1230 g/mol. The van der Waals surface area contributed by atoms with Gasteiger partial charge in [0.1, 0.15) is 35.0 Å². The molecule has 3 aromatic rings. The minimum absolute atomic E-state index is 0.00928. The number of fused-ring (bicyclic) bond motifs is 4. The highest BCUT2D eigenvalue weighted by atomic mass is 32.2. The van der Waals surface area contributed by atoms with Crippen LogP contribution in [0.1, 0.15) is 145 Å². The number of aliphatic hydroxyl groups is 1. The molecule has 3 saturated heterocycles. The number of aliphatic hydroxyl groups excluding tert-OH is 1. The number of anilines is 2. The Morgan fingerprint density at radius 2 is 1.49 bits per heavy atom. The number of primary amides is 1. The molecule has 3 fully saturated rings. The van der Waals surface area contributed by atoms with Crippen LogP contribution in [-0.2, 0) is 35.3 Å². The molecule has 5 aliphatic heterocycles. The first-order valence-corrected chi connectivity index (χ1v) is 33.1. The SMILES string of the molecule is C=C1C[C@H]2[C@H](O)N(C(=O)OCc3ccc(NC(=O)[C@H](CCCNC(N)=O)NC(=O)[C@@H](NC(=O)CCCCCN4C(=O)CC(S[C](C)(C)[Al])C4=O)C(C)C)cc3)c3cc(OCCCCCOc4cc5c(cc4OC)C(=O)N4CC(C)(C)C[C@H]4C=N5)c(OC)cc3C(=O)N2C1. The smallest absolute Gasteiger partial charge is 0.416 e. The molecule has 5 heterocycles. The van der Waals surface area contributed by atoms with Crippen molar-refractivity contribution in [3.05, 3.63) is 77.4 Å². The van der Waals surface area contributed by atoms with Gasteiger partial charge in [0, 0.05) is 63.1 Å². The Kier molecular flexibility index (Phi) is 24.0. The van der Waals surface area contributed by atoms with Gasteiger partial charge in [-0.15, -0.1) is 0 Å². The molecule has 25 nitrogen and oxygen atoms in total. The van der Waals surface area contributed by atoms with E-state index >= 15 is 0 Å². The predicted octanol–water partition coefficient (Wildman–Crippen LogP) is 6.87. The van der Waals surface area contributed by atoms with Crippen molar-refractivity contribution < 1.29 is 71.9 Å². The maximum absolute atomic E-state index is 14.4. The van der Waals surface area contributed by atoms with E-state index < -0.39 is 59.4 Å². The third-order valence-electron chi connectivity index (χ3n) is 16.7. The Labute approximate surface area is 555 Å². The third kappa shape index (κ3) is 18.3. The number of carbonyl (C=O) groups excluding carboxylic acids is 9. The van der Waals surface area contributed by atoms with Crippen LogP contribution >= 0.6 is 11.8 Å². The van der Waals surface area contributed by atoms with Crippen LogP contribution in [0.25, 0.3) is 0 Å². The zero-order valence-corrected chi connectivity index (χ0v) is 56.3. The van der Waals surface area contributed by atoms with Crippen LogP contribution < -0.4 is 50.8 Å². The Morgan fingerprint density at radius 3 is 2.15 bits per heavy atom. The van der Waals surface area contributed by atoms with Gasteiger partial charge in [0.25, 0.3) is 11.8 Å². The van der Waals surface area contributed by atoms with E-state index in [9.17, 15) is 48.3 Å². The van der Waals surface area contributed by atoms with Crippen LogP contribution in [0.5, 0.6) is 23.0 Å². The van der Waals surface area contributed by atoms with Crippen molar-refractivity contribution in [1.82, 2.24) is 30.7 Å². The Bertz CT molecular complexity index is 3340. The first kappa shape index (κ1) is 71.0. The van der Waals surface area contributed by atoms with Crippen molar-refractivity contribution in [2.24, 2.45) is 22.1 Å². The summed E-state index contributed by atoms with van der Waals surface area (Å²) < 4.78 is 29.4. The summed E-state index contributed by atoms with van der Waals surface area (Å²) in [6.45, 7) is 17.2. The van der Waals surface area contributed by atoms with Crippen molar-refractivity contribution in [2.75, 3.05) is 63.8 Å². The number of amides is 10. The number of hydrogen-bond donors (Lipinski definition) is 6. The van der Waals surface area contributed by atoms with Gasteiger partial charge in [-0.05, 0) is 98.9 Å². The summed E-state index contributed by atoms with van der Waals surface area (Å²) in [5.41, 5.74) is 7.88. The topological polar surface area (TPSA) is 319 Å². The number of unbranched alkanes of at least 4 members (excludes halogenated alkanes) is 4. The van der Waals surface area contributed by atoms with E-state index in [1.807, 2.05) is 25.0 Å². The van der Waals surface area contributed by atoms with Crippen LogP contribution in [0.2, 0.25) is 0 Å². The summed E-state index contributed by atoms with van der Waals surface area (Å²) >= 11 is 4.12. The molecule has 3 aromatic carbocycles. The molecule has 7 N–H and O–H groups in total. The lowest BCUT2D eigenvalue weighted by Crippen LogP contribution is -2.54. The average molecular weight is 1320 g/mol. The molecule has 0 aliphatic carbocycles. The molecule has 10 amide bonds. The number of rotatable bonds is 30. The zero-order valence-electron chi connectivity index (χ0n) is 54.3. The monoisotopic (exact) mass is 1320 g/mol. The summed E-state index contributed by atoms with van der Waals surface area (Å²) in [5, 5.41) is 22.4. The van der Waals surface area contributed by atoms with Crippen LogP contribution in [-0.4, -0.2) is 189 Å². The predicted molar refractivity (Wildman–Crippen MR) is 351 cm³/mol. The number of aliphatic imine (C=N–C) groups is 1. The van der Waals surface area contributed by atoms with E-state index in [2.05, 4.69) is 63.0 Å². The van der Waals surface area contributed by atoms with Crippen molar-refractivity contribution in [3.63, 3.8) is 0 Å². The quantitative estimate of drug-likeness (QED) is 0.0172. The second kappa shape index (κ2) is 31.4. The number of nitrogens with zero attached hydrogens (tertiary/aromatic N) is 5. The van der Waals surface area contributed by atoms with Crippen molar-refractivity contribution in [2.45, 2.75) is 164 Å². The summed E-state index contributed by atoms with van der Waals surface area (Å²) in [6.07, 6.45) is 4.39. The summed E-state index contributed by atoms with van der Waals surface area (Å²) in [5.74, 6) is -1.54. The molecule has 6 atom stereocenters. The molecule has 93 heavy (non-hydrogen) atoms. The number of benzene rings is 3. The van der Waals surface area contributed by atoms with Gasteiger partial charge in [0.15, 0.2) is 29.2 Å². The summed E-state index contributed by atoms with van der Waals surface area (Å²) in [4.78, 5) is 131. The summed E-state index contributed by atoms with van der Waals surface area (Å²) in [6, 6.07) is 8.95. The zero-order chi connectivity index (χ0) is 67.5. The highest BCUT2D eigenvalue weighted by Gasteiger charge is 2.47. The van der Waals surface area contributed by atoms with Gasteiger partial charge in [-0.1, -0.05) is 75.9 Å². The van der Waals surface area contributed by atoms with Crippen molar-refractivity contribution in [1.29, 1.82) is 0 Å². The minimum Gasteiger partial charge on any atom is -0.493 e. The number of hydrogen-bond acceptors (Lipinski definition) is 17. The van der Waals surface area contributed by atoms with Gasteiger partial charge in [-0.25, -0.2) is 14.5 Å². The van der Waals surface area contributed by atoms with Gasteiger partial charge >= 0.3 is 12.1 Å². The third-order valence-corrected chi connectivity index (χ3v) is 18.4. The lowest BCUT2D eigenvalue weighted by molar-refractivity contribution is -0.138. The van der Waals surface area contributed by atoms with Crippen LogP contribution in [0.15, 0.2) is 65.7 Å². The Morgan fingerprint density at radius 1 is 0.839 bits per heavy atom. The molecule has 8 rings (SSSR count). The van der Waals surface area contributed by atoms with Gasteiger partial charge in [0.05, 0.1) is 67.3 Å². The van der Waals surface area contributed by atoms with E-state index in [1.54, 1.807) is 50.2 Å². The van der Waals surface area contributed by atoms with Crippen LogP contribution in [0.4, 0.5) is 26.7 Å². The fraction of sp³-hybridized carbons (Fsp3) is 0.545. The average Bonchev–Trinajstić information content (AvgIpc) is 1.64. The van der Waals surface area contributed by atoms with E-state index in [0.717, 1.165) is 11.3 Å². The maximum atomic E-state index is 14.4.